The minimum Gasteiger partial charge on any atom is -0.378 e. The maximum absolute atomic E-state index is 11.7. The molecule has 0 unspecified atom stereocenters. The van der Waals surface area contributed by atoms with Gasteiger partial charge in [-0.1, -0.05) is 0 Å². The molecule has 2 amide bonds. The van der Waals surface area contributed by atoms with Gasteiger partial charge in [0, 0.05) is 31.0 Å². The van der Waals surface area contributed by atoms with E-state index in [0.717, 1.165) is 5.69 Å². The maximum atomic E-state index is 11.7. The molecule has 0 bridgehead atoms. The summed E-state index contributed by atoms with van der Waals surface area (Å²) < 4.78 is 0. The van der Waals surface area contributed by atoms with Crippen molar-refractivity contribution >= 4 is 23.2 Å². The van der Waals surface area contributed by atoms with E-state index < -0.39 is 17.4 Å². The van der Waals surface area contributed by atoms with Gasteiger partial charge in [0.25, 0.3) is 0 Å². The number of carbonyl (C=O) groups excluding carboxylic acids is 2. The highest BCUT2D eigenvalue weighted by molar-refractivity contribution is 6.39. The molecule has 0 aliphatic rings. The molecule has 0 aromatic heterocycles. The van der Waals surface area contributed by atoms with Crippen molar-refractivity contribution in [2.24, 2.45) is 0 Å². The third kappa shape index (κ3) is 4.99. The van der Waals surface area contributed by atoms with Gasteiger partial charge in [0.1, 0.15) is 0 Å². The average molecular weight is 263 g/mol. The summed E-state index contributed by atoms with van der Waals surface area (Å²) in [6.07, 6.45) is 0. The fourth-order valence-corrected chi connectivity index (χ4v) is 1.43. The fraction of sp³-hybridized carbons (Fsp3) is 0.429. The quantitative estimate of drug-likeness (QED) is 0.797. The Kier molecular flexibility index (Phi) is 4.53. The van der Waals surface area contributed by atoms with Crippen LogP contribution >= 0.6 is 0 Å². The van der Waals surface area contributed by atoms with Gasteiger partial charge in [-0.2, -0.15) is 0 Å². The molecule has 0 aliphatic carbocycles. The minimum absolute atomic E-state index is 0.427. The van der Waals surface area contributed by atoms with Crippen LogP contribution in [0.5, 0.6) is 0 Å². The standard InChI is InChI=1S/C14H21N3O2/c1-14(2,3)16-13(19)12(18)15-10-6-8-11(9-7-10)17(4)5/h6-9H,1-5H3,(H,15,18)(H,16,19). The third-order valence-electron chi connectivity index (χ3n) is 2.34. The summed E-state index contributed by atoms with van der Waals surface area (Å²) >= 11 is 0. The van der Waals surface area contributed by atoms with Gasteiger partial charge in [-0.15, -0.1) is 0 Å². The number of amides is 2. The molecular weight excluding hydrogens is 242 g/mol. The van der Waals surface area contributed by atoms with Gasteiger partial charge in [0.2, 0.25) is 0 Å². The molecule has 0 atom stereocenters. The van der Waals surface area contributed by atoms with Gasteiger partial charge in [0.05, 0.1) is 0 Å². The lowest BCUT2D eigenvalue weighted by Gasteiger charge is -2.20. The summed E-state index contributed by atoms with van der Waals surface area (Å²) in [7, 11) is 3.87. The predicted molar refractivity (Wildman–Crippen MR) is 77.3 cm³/mol. The number of rotatable bonds is 2. The van der Waals surface area contributed by atoms with Crippen molar-refractivity contribution in [3.8, 4) is 0 Å². The first-order chi connectivity index (χ1) is 8.69. The second-order valence-corrected chi connectivity index (χ2v) is 5.60. The lowest BCUT2D eigenvalue weighted by atomic mass is 10.1. The number of benzene rings is 1. The van der Waals surface area contributed by atoms with Crippen molar-refractivity contribution in [2.45, 2.75) is 26.3 Å². The molecule has 1 aromatic carbocycles. The molecule has 0 fully saturated rings. The van der Waals surface area contributed by atoms with E-state index in [1.54, 1.807) is 12.1 Å². The average Bonchev–Trinajstić information content (AvgIpc) is 2.27. The molecule has 104 valence electrons. The summed E-state index contributed by atoms with van der Waals surface area (Å²) in [5.74, 6) is -1.29. The van der Waals surface area contributed by atoms with Gasteiger partial charge in [-0.05, 0) is 45.0 Å². The van der Waals surface area contributed by atoms with E-state index in [0.29, 0.717) is 5.69 Å². The number of carbonyl (C=O) groups is 2. The minimum atomic E-state index is -0.660. The molecule has 1 aromatic rings. The smallest absolute Gasteiger partial charge is 0.313 e. The van der Waals surface area contributed by atoms with Gasteiger partial charge in [-0.25, -0.2) is 0 Å². The maximum Gasteiger partial charge on any atom is 0.313 e. The molecule has 0 saturated carbocycles. The molecule has 5 nitrogen and oxygen atoms in total. The summed E-state index contributed by atoms with van der Waals surface area (Å²) in [5.41, 5.74) is 1.19. The monoisotopic (exact) mass is 263 g/mol. The van der Waals surface area contributed by atoms with Crippen molar-refractivity contribution in [1.82, 2.24) is 5.32 Å². The van der Waals surface area contributed by atoms with E-state index >= 15 is 0 Å². The Hall–Kier alpha value is -2.04. The van der Waals surface area contributed by atoms with E-state index in [2.05, 4.69) is 10.6 Å². The van der Waals surface area contributed by atoms with Crippen LogP contribution in [0.1, 0.15) is 20.8 Å². The van der Waals surface area contributed by atoms with Crippen LogP contribution in [0.2, 0.25) is 0 Å². The first-order valence-electron chi connectivity index (χ1n) is 6.10. The van der Waals surface area contributed by atoms with Crippen molar-refractivity contribution < 1.29 is 9.59 Å². The zero-order valence-corrected chi connectivity index (χ0v) is 12.1. The molecular formula is C14H21N3O2. The molecule has 0 saturated heterocycles. The van der Waals surface area contributed by atoms with E-state index in [4.69, 9.17) is 0 Å². The zero-order chi connectivity index (χ0) is 14.6. The molecule has 0 aliphatic heterocycles. The van der Waals surface area contributed by atoms with Gasteiger partial charge < -0.3 is 15.5 Å². The fourth-order valence-electron chi connectivity index (χ4n) is 1.43. The van der Waals surface area contributed by atoms with Gasteiger partial charge >= 0.3 is 11.8 Å². The number of anilines is 2. The summed E-state index contributed by atoms with van der Waals surface area (Å²) in [6, 6.07) is 7.27. The Bertz CT molecular complexity index is 459. The molecule has 1 rings (SSSR count). The summed E-state index contributed by atoms with van der Waals surface area (Å²) in [5, 5.41) is 5.17. The van der Waals surface area contributed by atoms with Crippen LogP contribution in [0.15, 0.2) is 24.3 Å². The Morgan fingerprint density at radius 2 is 1.53 bits per heavy atom. The van der Waals surface area contributed by atoms with Gasteiger partial charge in [-0.3, -0.25) is 9.59 Å². The summed E-state index contributed by atoms with van der Waals surface area (Å²) in [4.78, 5) is 25.2. The molecule has 2 N–H and O–H groups in total. The Morgan fingerprint density at radius 1 is 1.00 bits per heavy atom. The lowest BCUT2D eigenvalue weighted by Crippen LogP contribution is -2.46. The molecule has 0 radical (unpaired) electrons. The lowest BCUT2D eigenvalue weighted by molar-refractivity contribution is -0.137. The first kappa shape index (κ1) is 15.0. The first-order valence-corrected chi connectivity index (χ1v) is 6.10. The third-order valence-corrected chi connectivity index (χ3v) is 2.34. The van der Waals surface area contributed by atoms with E-state index in [9.17, 15) is 9.59 Å². The van der Waals surface area contributed by atoms with Crippen molar-refractivity contribution in [3.05, 3.63) is 24.3 Å². The van der Waals surface area contributed by atoms with E-state index in [-0.39, 0.29) is 0 Å². The Labute approximate surface area is 114 Å². The molecule has 0 heterocycles. The van der Waals surface area contributed by atoms with E-state index in [1.165, 1.54) is 0 Å². The van der Waals surface area contributed by atoms with Crippen LogP contribution < -0.4 is 15.5 Å². The zero-order valence-electron chi connectivity index (χ0n) is 12.1. The number of nitrogens with one attached hydrogen (secondary N) is 2. The highest BCUT2D eigenvalue weighted by atomic mass is 16.2. The highest BCUT2D eigenvalue weighted by Gasteiger charge is 2.20. The normalized spacial score (nSPS) is 10.8. The van der Waals surface area contributed by atoms with Crippen LogP contribution in [0.4, 0.5) is 11.4 Å². The van der Waals surface area contributed by atoms with Crippen LogP contribution in [0.25, 0.3) is 0 Å². The highest BCUT2D eigenvalue weighted by Crippen LogP contribution is 2.15. The van der Waals surface area contributed by atoms with Crippen molar-refractivity contribution in [3.63, 3.8) is 0 Å². The largest absolute Gasteiger partial charge is 0.378 e. The Balaban J connectivity index is 2.64. The molecule has 5 heteroatoms. The Morgan fingerprint density at radius 3 is 1.95 bits per heavy atom. The van der Waals surface area contributed by atoms with Crippen molar-refractivity contribution in [1.29, 1.82) is 0 Å². The van der Waals surface area contributed by atoms with Gasteiger partial charge in [0.15, 0.2) is 0 Å². The van der Waals surface area contributed by atoms with Crippen LogP contribution in [-0.4, -0.2) is 31.4 Å². The number of hydrogen-bond acceptors (Lipinski definition) is 3. The van der Waals surface area contributed by atoms with Crippen molar-refractivity contribution in [2.75, 3.05) is 24.3 Å². The topological polar surface area (TPSA) is 61.4 Å². The SMILES string of the molecule is CN(C)c1ccc(NC(=O)C(=O)NC(C)(C)C)cc1. The molecule has 19 heavy (non-hydrogen) atoms. The van der Waals surface area contributed by atoms with Crippen LogP contribution in [0.3, 0.4) is 0 Å². The number of hydrogen-bond donors (Lipinski definition) is 2. The second-order valence-electron chi connectivity index (χ2n) is 5.60. The van der Waals surface area contributed by atoms with Crippen LogP contribution in [-0.2, 0) is 9.59 Å². The predicted octanol–water partition coefficient (Wildman–Crippen LogP) is 1.61. The summed E-state index contributed by atoms with van der Waals surface area (Å²) in [6.45, 7) is 5.47. The van der Waals surface area contributed by atoms with E-state index in [1.807, 2.05) is 51.9 Å². The number of nitrogens with zero attached hydrogens (tertiary/aromatic N) is 1. The second kappa shape index (κ2) is 5.73. The van der Waals surface area contributed by atoms with Crippen LogP contribution in [0, 0.1) is 0 Å². The molecule has 0 spiro atoms.